The highest BCUT2D eigenvalue weighted by Gasteiger charge is 2.38. The van der Waals surface area contributed by atoms with Crippen LogP contribution in [-0.2, 0) is 0 Å². The molecule has 2 atom stereocenters. The zero-order chi connectivity index (χ0) is 13.4. The van der Waals surface area contributed by atoms with Crippen LogP contribution in [0.5, 0.6) is 0 Å². The molecule has 2 unspecified atom stereocenters. The predicted molar refractivity (Wildman–Crippen MR) is 77.0 cm³/mol. The van der Waals surface area contributed by atoms with Crippen LogP contribution in [0.25, 0.3) is 0 Å². The molecule has 6 heteroatoms. The highest BCUT2D eigenvalue weighted by molar-refractivity contribution is 7.10. The first-order valence-electron chi connectivity index (χ1n) is 6.80. The standard InChI is InChI=1S/C13H19N5S/c1-18-9-2-3-10(18)5-8(4-9)7-16-13-11(6-14)12(15)17-19-13/h8-10,16H,2-5,7H2,1H3,(H2,15,17). The number of hydrogen-bond acceptors (Lipinski definition) is 6. The fourth-order valence-electron chi connectivity index (χ4n) is 3.46. The third-order valence-electron chi connectivity index (χ3n) is 4.58. The number of hydrogen-bond donors (Lipinski definition) is 2. The molecule has 2 bridgehead atoms. The molecule has 0 amide bonds. The maximum atomic E-state index is 9.04. The average molecular weight is 277 g/mol. The van der Waals surface area contributed by atoms with Crippen molar-refractivity contribution in [3.8, 4) is 6.07 Å². The summed E-state index contributed by atoms with van der Waals surface area (Å²) in [5, 5.41) is 13.2. The van der Waals surface area contributed by atoms with Crippen LogP contribution in [0.4, 0.5) is 10.8 Å². The molecule has 2 aliphatic rings. The summed E-state index contributed by atoms with van der Waals surface area (Å²) in [6.45, 7) is 0.928. The second-order valence-corrected chi connectivity index (χ2v) is 6.43. The van der Waals surface area contributed by atoms with Crippen molar-refractivity contribution in [2.45, 2.75) is 37.8 Å². The summed E-state index contributed by atoms with van der Waals surface area (Å²) < 4.78 is 4.03. The van der Waals surface area contributed by atoms with Crippen LogP contribution in [-0.4, -0.2) is 34.9 Å². The third kappa shape index (κ3) is 2.28. The van der Waals surface area contributed by atoms with Gasteiger partial charge in [0.1, 0.15) is 16.6 Å². The Morgan fingerprint density at radius 3 is 2.79 bits per heavy atom. The van der Waals surface area contributed by atoms with Gasteiger partial charge in [-0.05, 0) is 50.2 Å². The molecule has 19 heavy (non-hydrogen) atoms. The Morgan fingerprint density at radius 2 is 2.16 bits per heavy atom. The Kier molecular flexibility index (Phi) is 3.33. The van der Waals surface area contributed by atoms with Gasteiger partial charge in [0.2, 0.25) is 0 Å². The minimum Gasteiger partial charge on any atom is -0.382 e. The molecule has 0 spiro atoms. The molecule has 2 saturated heterocycles. The van der Waals surface area contributed by atoms with Gasteiger partial charge in [0, 0.05) is 18.6 Å². The molecule has 1 aromatic rings. The highest BCUT2D eigenvalue weighted by atomic mass is 32.1. The molecule has 2 fully saturated rings. The van der Waals surface area contributed by atoms with Crippen molar-refractivity contribution in [2.24, 2.45) is 5.92 Å². The van der Waals surface area contributed by atoms with E-state index in [1.807, 2.05) is 0 Å². The van der Waals surface area contributed by atoms with Gasteiger partial charge in [-0.3, -0.25) is 0 Å². The zero-order valence-corrected chi connectivity index (χ0v) is 11.9. The van der Waals surface area contributed by atoms with Gasteiger partial charge in [-0.1, -0.05) is 0 Å². The number of nitrogens with two attached hydrogens (primary N) is 1. The first-order valence-corrected chi connectivity index (χ1v) is 7.57. The van der Waals surface area contributed by atoms with E-state index >= 15 is 0 Å². The van der Waals surface area contributed by atoms with Gasteiger partial charge >= 0.3 is 0 Å². The highest BCUT2D eigenvalue weighted by Crippen LogP contribution is 2.37. The Morgan fingerprint density at radius 1 is 1.47 bits per heavy atom. The van der Waals surface area contributed by atoms with E-state index in [2.05, 4.69) is 27.7 Å². The SMILES string of the molecule is CN1C2CCC1CC(CNc1snc(N)c1C#N)C2. The first kappa shape index (κ1) is 12.7. The van der Waals surface area contributed by atoms with Gasteiger partial charge in [0.25, 0.3) is 0 Å². The number of piperidine rings is 1. The smallest absolute Gasteiger partial charge is 0.157 e. The summed E-state index contributed by atoms with van der Waals surface area (Å²) in [5.74, 6) is 1.04. The van der Waals surface area contributed by atoms with Gasteiger partial charge in [0.05, 0.1) is 0 Å². The van der Waals surface area contributed by atoms with Gasteiger partial charge in [0.15, 0.2) is 5.82 Å². The van der Waals surface area contributed by atoms with Crippen LogP contribution in [0, 0.1) is 17.2 Å². The molecule has 3 heterocycles. The molecule has 3 N–H and O–H groups in total. The molecule has 0 aliphatic carbocycles. The van der Waals surface area contributed by atoms with E-state index in [1.165, 1.54) is 37.2 Å². The van der Waals surface area contributed by atoms with E-state index in [0.717, 1.165) is 23.6 Å². The fraction of sp³-hybridized carbons (Fsp3) is 0.692. The van der Waals surface area contributed by atoms with Gasteiger partial charge in [-0.25, -0.2) is 0 Å². The minimum atomic E-state index is 0.346. The van der Waals surface area contributed by atoms with Crippen molar-refractivity contribution in [2.75, 3.05) is 24.6 Å². The topological polar surface area (TPSA) is 78.0 Å². The summed E-state index contributed by atoms with van der Waals surface area (Å²) in [5.41, 5.74) is 6.16. The Labute approximate surface area is 117 Å². The average Bonchev–Trinajstić information content (AvgIpc) is 2.84. The number of fused-ring (bicyclic) bond motifs is 2. The minimum absolute atomic E-state index is 0.346. The second kappa shape index (κ2) is 4.99. The van der Waals surface area contributed by atoms with E-state index in [1.54, 1.807) is 0 Å². The van der Waals surface area contributed by atoms with Crippen molar-refractivity contribution in [1.29, 1.82) is 5.26 Å². The third-order valence-corrected chi connectivity index (χ3v) is 5.40. The number of rotatable bonds is 3. The Balaban J connectivity index is 1.60. The Bertz CT molecular complexity index is 492. The number of nitriles is 1. The van der Waals surface area contributed by atoms with Crippen LogP contribution in [0.15, 0.2) is 0 Å². The lowest BCUT2D eigenvalue weighted by molar-refractivity contribution is 0.139. The van der Waals surface area contributed by atoms with Crippen molar-refractivity contribution in [3.63, 3.8) is 0 Å². The molecule has 1 aromatic heterocycles. The molecule has 0 radical (unpaired) electrons. The van der Waals surface area contributed by atoms with Crippen molar-refractivity contribution in [1.82, 2.24) is 9.27 Å². The zero-order valence-electron chi connectivity index (χ0n) is 11.1. The largest absolute Gasteiger partial charge is 0.382 e. The van der Waals surface area contributed by atoms with Crippen LogP contribution in [0.3, 0.4) is 0 Å². The van der Waals surface area contributed by atoms with E-state index in [0.29, 0.717) is 17.3 Å². The first-order chi connectivity index (χ1) is 9.19. The number of nitrogens with zero attached hydrogens (tertiary/aromatic N) is 3. The molecular formula is C13H19N5S. The monoisotopic (exact) mass is 277 g/mol. The number of nitrogens with one attached hydrogen (secondary N) is 1. The molecule has 2 aliphatic heterocycles. The maximum absolute atomic E-state index is 9.04. The van der Waals surface area contributed by atoms with E-state index < -0.39 is 0 Å². The Hall–Kier alpha value is -1.32. The maximum Gasteiger partial charge on any atom is 0.157 e. The lowest BCUT2D eigenvalue weighted by Crippen LogP contribution is -2.41. The molecule has 3 rings (SSSR count). The number of anilines is 2. The molecule has 0 saturated carbocycles. The quantitative estimate of drug-likeness (QED) is 0.882. The van der Waals surface area contributed by atoms with Crippen molar-refractivity contribution >= 4 is 22.4 Å². The van der Waals surface area contributed by atoms with E-state index in [-0.39, 0.29) is 0 Å². The van der Waals surface area contributed by atoms with Crippen LogP contribution in [0.1, 0.15) is 31.2 Å². The molecule has 0 aromatic carbocycles. The van der Waals surface area contributed by atoms with Crippen LogP contribution in [0.2, 0.25) is 0 Å². The van der Waals surface area contributed by atoms with Gasteiger partial charge < -0.3 is 16.0 Å². The molecule has 5 nitrogen and oxygen atoms in total. The van der Waals surface area contributed by atoms with Crippen molar-refractivity contribution < 1.29 is 0 Å². The molecular weight excluding hydrogens is 258 g/mol. The summed E-state index contributed by atoms with van der Waals surface area (Å²) >= 11 is 1.29. The normalized spacial score (nSPS) is 30.2. The summed E-state index contributed by atoms with van der Waals surface area (Å²) in [6.07, 6.45) is 5.20. The predicted octanol–water partition coefficient (Wildman–Crippen LogP) is 1.88. The van der Waals surface area contributed by atoms with Crippen LogP contribution < -0.4 is 11.1 Å². The number of nitrogen functional groups attached to an aromatic ring is 1. The van der Waals surface area contributed by atoms with E-state index in [9.17, 15) is 0 Å². The van der Waals surface area contributed by atoms with Crippen LogP contribution >= 0.6 is 11.5 Å². The lowest BCUT2D eigenvalue weighted by Gasteiger charge is -2.36. The van der Waals surface area contributed by atoms with E-state index in [4.69, 9.17) is 11.0 Å². The van der Waals surface area contributed by atoms with Crippen molar-refractivity contribution in [3.05, 3.63) is 5.56 Å². The van der Waals surface area contributed by atoms with Gasteiger partial charge in [-0.15, -0.1) is 0 Å². The van der Waals surface area contributed by atoms with Gasteiger partial charge in [-0.2, -0.15) is 9.64 Å². The second-order valence-electron chi connectivity index (χ2n) is 5.65. The molecule has 102 valence electrons. The number of aromatic nitrogens is 1. The lowest BCUT2D eigenvalue weighted by atomic mass is 9.91. The summed E-state index contributed by atoms with van der Waals surface area (Å²) in [4.78, 5) is 2.54. The summed E-state index contributed by atoms with van der Waals surface area (Å²) in [7, 11) is 2.25. The summed E-state index contributed by atoms with van der Waals surface area (Å²) in [6, 6.07) is 3.63. The fourth-order valence-corrected chi connectivity index (χ4v) is 4.13.